The largest absolute Gasteiger partial charge is 0.488 e. The fourth-order valence-electron chi connectivity index (χ4n) is 11.4. The molecule has 6 aliphatic heterocycles. The Morgan fingerprint density at radius 1 is 0.557 bits per heavy atom. The van der Waals surface area contributed by atoms with Crippen molar-refractivity contribution in [2.45, 2.75) is 135 Å². The number of aromatic amines is 2. The van der Waals surface area contributed by atoms with Crippen LogP contribution in [0.1, 0.15) is 63.8 Å². The van der Waals surface area contributed by atoms with Gasteiger partial charge in [0, 0.05) is 61.0 Å². The number of hydrogen-bond acceptors (Lipinski definition) is 34. The molecule has 592 valence electrons. The van der Waals surface area contributed by atoms with Gasteiger partial charge in [-0.3, -0.25) is 47.3 Å². The molecule has 10 heterocycles. The number of H-pyrrole nitrogens is 2. The highest BCUT2D eigenvalue weighted by Crippen LogP contribution is 2.68. The number of carbonyl (C=O) groups excluding carboxylic acids is 6. The Morgan fingerprint density at radius 3 is 1.41 bits per heavy atom. The Labute approximate surface area is 613 Å². The third-order valence-electron chi connectivity index (χ3n) is 15.8. The number of carbonyl (C=O) groups is 6. The van der Waals surface area contributed by atoms with Gasteiger partial charge in [0.25, 0.3) is 11.1 Å². The molecule has 24 N–H and O–H groups in total. The Kier molecular flexibility index (Phi) is 28.5. The molecule has 6 saturated heterocycles. The summed E-state index contributed by atoms with van der Waals surface area (Å²) < 4.78 is 97.7. The first kappa shape index (κ1) is 84.5. The fraction of sp³-hybridized carbons (Fsp3) is 0.652. The number of ether oxygens (including phenoxy) is 4. The van der Waals surface area contributed by atoms with Crippen LogP contribution < -0.4 is 65.1 Å². The molecule has 0 aromatic carbocycles. The Hall–Kier alpha value is -5.48. The molecule has 4 unspecified atom stereocenters. The van der Waals surface area contributed by atoms with Gasteiger partial charge in [-0.15, -0.1) is 0 Å². The summed E-state index contributed by atoms with van der Waals surface area (Å²) in [7, 11) is -22.4. The molecule has 0 saturated carbocycles. The molecule has 4 aromatic heterocycles. The molecular formula is C46H72N18O32P6S4. The van der Waals surface area contributed by atoms with Crippen LogP contribution in [-0.4, -0.2) is 247 Å². The van der Waals surface area contributed by atoms with Crippen LogP contribution in [0.25, 0.3) is 22.3 Å². The van der Waals surface area contributed by atoms with E-state index < -0.39 is 130 Å². The standard InChI is InChI=1S/2C23H36N9O16P3S2/c24-21-30-18-15(19(35)31-21)27-9-32(18)20-16(34)17(11(45-20)7-44-49(38,39)47-50(40,41)48-51(42,43)52)46-23(37)26-6-5-25-13(33)4-2-1-3-12-14-10(8-53-12)28-22(36)29-14;24-21-30-18-15(19(35)31-21)27-9-32(18)20-17(16(34)11(45-20)7-44-49(38,39)47-50(40,41)48-51(42,43)52)46-23(37)26-6-5-25-13(33)4-2-1-3-12-14-10(8-53-12)28-22(36)29-14/h2*9-12,14,16-17,20,34H,1-8H2,(H,25,33)(H,26,37)(H,38,39)(H,40,41)(H2,28,29,36)(H2,42,43,52)(H3,24,30,31,35)/t2*10-,11+,12-,14-,16+,17+,20+/m00/s1. The molecule has 10 rings (SSSR count). The number of imidazole rings is 2. The maximum atomic E-state index is 12.8. The number of nitrogens with zero attached hydrogens (tertiary/aromatic N) is 6. The zero-order valence-electron chi connectivity index (χ0n) is 54.2. The number of phosphoric ester groups is 2. The van der Waals surface area contributed by atoms with Gasteiger partial charge in [-0.25, -0.2) is 56.0 Å². The lowest BCUT2D eigenvalue weighted by Gasteiger charge is -2.22. The van der Waals surface area contributed by atoms with Crippen LogP contribution in [0.2, 0.25) is 0 Å². The monoisotopic (exact) mass is 1700 g/mol. The second-order valence-electron chi connectivity index (χ2n) is 23.5. The minimum Gasteiger partial charge on any atom is -0.440 e. The van der Waals surface area contributed by atoms with Crippen molar-refractivity contribution < 1.29 is 142 Å². The van der Waals surface area contributed by atoms with Crippen molar-refractivity contribution in [3.05, 3.63) is 33.4 Å². The number of aliphatic hydroxyl groups is 2. The molecule has 0 aliphatic carbocycles. The summed E-state index contributed by atoms with van der Waals surface area (Å²) in [4.78, 5) is 193. The quantitative estimate of drug-likeness (QED) is 0.0124. The predicted molar refractivity (Wildman–Crippen MR) is 368 cm³/mol. The number of alkyl carbamates (subject to hydrolysis) is 2. The van der Waals surface area contributed by atoms with E-state index in [9.17, 15) is 86.4 Å². The highest BCUT2D eigenvalue weighted by atomic mass is 32.5. The van der Waals surface area contributed by atoms with Crippen molar-refractivity contribution in [1.29, 1.82) is 0 Å². The topological polar surface area (TPSA) is 741 Å². The van der Waals surface area contributed by atoms with E-state index in [0.29, 0.717) is 12.8 Å². The van der Waals surface area contributed by atoms with Crippen molar-refractivity contribution in [3.63, 3.8) is 0 Å². The zero-order valence-corrected chi connectivity index (χ0v) is 62.8. The second kappa shape index (κ2) is 35.7. The number of aliphatic hydroxyl groups excluding tert-OH is 2. The molecule has 0 radical (unpaired) electrons. The second-order valence-corrected chi connectivity index (χ2v) is 37.7. The molecule has 0 bridgehead atoms. The molecule has 8 amide bonds. The Bertz CT molecular complexity index is 4330. The SMILES string of the molecule is Nc1nc2c(ncn2[C@@H]2O[C@H](COP(=O)(O)OP(=O)(O)OP(O)(O)=S)[C@@H](O)[C@H]2OC(=O)NCCNC(=O)CCCC[C@@H]2SC[C@@H]3NC(=O)N[C@@H]32)c(=O)[nH]1.Nc1nc2c(ncn2[C@@H]2O[C@H](COP(=O)(O)OP(=O)(O)OP(O)(O)=S)[C@@H](OC(=O)NCCNC(=O)CCCC[C@@H]3SC[C@@H]4NC(=O)N[C@@H]43)[C@H]2O)c(=O)[nH]1. The number of amides is 8. The van der Waals surface area contributed by atoms with Gasteiger partial charge in [-0.2, -0.15) is 42.1 Å². The van der Waals surface area contributed by atoms with Gasteiger partial charge in [-0.1, -0.05) is 12.8 Å². The van der Waals surface area contributed by atoms with Crippen LogP contribution in [0.4, 0.5) is 31.1 Å². The van der Waals surface area contributed by atoms with E-state index in [1.807, 2.05) is 0 Å². The van der Waals surface area contributed by atoms with Gasteiger partial charge < -0.3 is 122 Å². The number of fused-ring (bicyclic) bond motifs is 4. The zero-order chi connectivity index (χ0) is 77.4. The van der Waals surface area contributed by atoms with Gasteiger partial charge >= 0.3 is 69.0 Å². The van der Waals surface area contributed by atoms with Crippen molar-refractivity contribution >= 4 is 162 Å². The molecule has 18 atom stereocenters. The summed E-state index contributed by atoms with van der Waals surface area (Å²) in [5, 5.41) is 44.4. The minimum atomic E-state index is -5.67. The van der Waals surface area contributed by atoms with E-state index in [0.717, 1.165) is 59.0 Å². The van der Waals surface area contributed by atoms with E-state index in [2.05, 4.69) is 118 Å². The number of hydrogen-bond donors (Lipinski definition) is 22. The lowest BCUT2D eigenvalue weighted by atomic mass is 10.0. The van der Waals surface area contributed by atoms with Gasteiger partial charge in [0.2, 0.25) is 23.7 Å². The number of phosphoric acid groups is 4. The third kappa shape index (κ3) is 23.8. The number of nitrogens with two attached hydrogens (primary N) is 2. The van der Waals surface area contributed by atoms with Crippen LogP contribution in [0.5, 0.6) is 0 Å². The van der Waals surface area contributed by atoms with Crippen molar-refractivity contribution in [3.8, 4) is 0 Å². The summed E-state index contributed by atoms with van der Waals surface area (Å²) in [5.74, 6) is 0.514. The number of nitrogen functional groups attached to an aromatic ring is 2. The van der Waals surface area contributed by atoms with E-state index in [4.69, 9.17) is 54.5 Å². The highest BCUT2D eigenvalue weighted by molar-refractivity contribution is 8.08. The molecule has 6 fully saturated rings. The summed E-state index contributed by atoms with van der Waals surface area (Å²) in [6, 6.07) is 0.0643. The number of urea groups is 2. The van der Waals surface area contributed by atoms with Crippen molar-refractivity contribution in [2.75, 3.05) is 62.4 Å². The molecule has 4 aromatic rings. The number of nitrogens with one attached hydrogen (secondary N) is 10. The molecule has 60 heteroatoms. The fourth-order valence-corrected chi connectivity index (χ4v) is 22.1. The molecular weight excluding hydrogens is 1630 g/mol. The first-order chi connectivity index (χ1) is 49.6. The van der Waals surface area contributed by atoms with E-state index in [-0.39, 0.29) is 132 Å². The number of unbranched alkanes of at least 4 members (excludes halogenated alkanes) is 2. The normalized spacial score (nSPS) is 27.7. The van der Waals surface area contributed by atoms with Gasteiger partial charge in [-0.05, 0) is 49.3 Å². The smallest absolute Gasteiger partial charge is 0.440 e. The number of rotatable bonds is 34. The van der Waals surface area contributed by atoms with Gasteiger partial charge in [0.05, 0.1) is 50.0 Å². The van der Waals surface area contributed by atoms with E-state index in [1.165, 1.54) is 0 Å². The average molecular weight is 1700 g/mol. The average Bonchev–Trinajstić information content (AvgIpc) is 1.62. The van der Waals surface area contributed by atoms with E-state index >= 15 is 0 Å². The molecule has 106 heavy (non-hydrogen) atoms. The summed E-state index contributed by atoms with van der Waals surface area (Å²) in [6.45, 7) is -12.0. The number of anilines is 2. The van der Waals surface area contributed by atoms with Crippen molar-refractivity contribution in [1.82, 2.24) is 81.6 Å². The van der Waals surface area contributed by atoms with Gasteiger partial charge in [0.15, 0.2) is 47.0 Å². The maximum Gasteiger partial charge on any atom is 0.488 e. The highest BCUT2D eigenvalue weighted by Gasteiger charge is 2.52. The van der Waals surface area contributed by atoms with E-state index in [1.54, 1.807) is 23.5 Å². The Balaban J connectivity index is 0.000000245. The summed E-state index contributed by atoms with van der Waals surface area (Å²) in [6.07, 6.45) is -8.56. The number of thioether (sulfide) groups is 2. The molecule has 50 nitrogen and oxygen atoms in total. The van der Waals surface area contributed by atoms with Crippen LogP contribution in [0.15, 0.2) is 22.2 Å². The lowest BCUT2D eigenvalue weighted by molar-refractivity contribution is -0.122. The maximum absolute atomic E-state index is 12.8. The summed E-state index contributed by atoms with van der Waals surface area (Å²) in [5.41, 5.74) is 9.04. The first-order valence-electron chi connectivity index (χ1n) is 31.1. The number of aromatic nitrogens is 8. The van der Waals surface area contributed by atoms with Gasteiger partial charge in [0.1, 0.15) is 24.4 Å². The predicted octanol–water partition coefficient (Wildman–Crippen LogP) is -3.29. The molecule has 0 spiro atoms. The Morgan fingerprint density at radius 2 is 0.962 bits per heavy atom. The molecule has 6 aliphatic rings. The third-order valence-corrected chi connectivity index (χ3v) is 27.6. The van der Waals surface area contributed by atoms with Crippen LogP contribution in [0, 0.1) is 0 Å². The first-order valence-corrected chi connectivity index (χ1v) is 44.4. The van der Waals surface area contributed by atoms with Crippen LogP contribution >= 0.6 is 68.3 Å². The van der Waals surface area contributed by atoms with Crippen molar-refractivity contribution in [2.24, 2.45) is 0 Å². The minimum absolute atomic E-state index is 0.000715. The van der Waals surface area contributed by atoms with Crippen LogP contribution in [-0.2, 0) is 96.7 Å². The van der Waals surface area contributed by atoms with Crippen LogP contribution in [0.3, 0.4) is 0 Å². The summed E-state index contributed by atoms with van der Waals surface area (Å²) >= 11 is 11.6. The lowest BCUT2D eigenvalue weighted by Crippen LogP contribution is -2.42.